The van der Waals surface area contributed by atoms with E-state index >= 15 is 0 Å². The average molecular weight is 435 g/mol. The van der Waals surface area contributed by atoms with Gasteiger partial charge in [-0.05, 0) is 36.8 Å². The summed E-state index contributed by atoms with van der Waals surface area (Å²) in [5, 5.41) is 13.7. The molecule has 1 unspecified atom stereocenters. The van der Waals surface area contributed by atoms with Crippen LogP contribution < -0.4 is 9.62 Å². The molecule has 0 aliphatic rings. The number of nitro benzene ring substituents is 1. The zero-order valence-corrected chi connectivity index (χ0v) is 17.4. The fourth-order valence-corrected chi connectivity index (χ4v) is 4.04. The van der Waals surface area contributed by atoms with Crippen LogP contribution in [0.4, 0.5) is 17.1 Å². The second-order valence-electron chi connectivity index (χ2n) is 6.32. The molecule has 0 saturated carbocycles. The van der Waals surface area contributed by atoms with Crippen LogP contribution in [0.3, 0.4) is 0 Å². The summed E-state index contributed by atoms with van der Waals surface area (Å²) in [7, 11) is -2.69. The summed E-state index contributed by atoms with van der Waals surface area (Å²) in [6, 6.07) is 9.79. The SMILES string of the molecule is CCC(C(=O)Nc1ccc(C(=O)OC)cc1)N(c1cccc([N+](=O)[O-])c1)S(C)(=O)=O. The Labute approximate surface area is 173 Å². The van der Waals surface area contributed by atoms with Gasteiger partial charge in [-0.3, -0.25) is 19.2 Å². The summed E-state index contributed by atoms with van der Waals surface area (Å²) in [6.07, 6.45) is 1.04. The number of ether oxygens (including phenoxy) is 1. The van der Waals surface area contributed by atoms with Gasteiger partial charge in [-0.1, -0.05) is 13.0 Å². The first-order valence-corrected chi connectivity index (χ1v) is 10.7. The lowest BCUT2D eigenvalue weighted by Crippen LogP contribution is -2.47. The Hall–Kier alpha value is -3.47. The highest BCUT2D eigenvalue weighted by Gasteiger charge is 2.32. The van der Waals surface area contributed by atoms with Gasteiger partial charge in [-0.2, -0.15) is 0 Å². The van der Waals surface area contributed by atoms with Crippen LogP contribution in [-0.2, 0) is 19.6 Å². The quantitative estimate of drug-likeness (QED) is 0.382. The van der Waals surface area contributed by atoms with E-state index < -0.39 is 32.9 Å². The number of hydrogen-bond acceptors (Lipinski definition) is 7. The van der Waals surface area contributed by atoms with Gasteiger partial charge in [0.2, 0.25) is 15.9 Å². The standard InChI is InChI=1S/C19H21N3O7S/c1-4-17(18(23)20-14-10-8-13(9-11-14)19(24)29-2)21(30(3,27)28)15-6-5-7-16(12-15)22(25)26/h5-12,17H,4H2,1-3H3,(H,20,23). The Kier molecular flexibility index (Phi) is 7.11. The second kappa shape index (κ2) is 9.35. The number of esters is 1. The summed E-state index contributed by atoms with van der Waals surface area (Å²) in [5.41, 5.74) is 0.347. The zero-order valence-electron chi connectivity index (χ0n) is 16.6. The summed E-state index contributed by atoms with van der Waals surface area (Å²) >= 11 is 0. The van der Waals surface area contributed by atoms with Crippen molar-refractivity contribution in [2.75, 3.05) is 23.0 Å². The van der Waals surface area contributed by atoms with E-state index in [0.29, 0.717) is 5.69 Å². The smallest absolute Gasteiger partial charge is 0.337 e. The van der Waals surface area contributed by atoms with Crippen molar-refractivity contribution < 1.29 is 27.7 Å². The van der Waals surface area contributed by atoms with Gasteiger partial charge >= 0.3 is 5.97 Å². The average Bonchev–Trinajstić information content (AvgIpc) is 2.70. The van der Waals surface area contributed by atoms with Crippen molar-refractivity contribution in [1.82, 2.24) is 0 Å². The van der Waals surface area contributed by atoms with Crippen LogP contribution >= 0.6 is 0 Å². The van der Waals surface area contributed by atoms with Crippen LogP contribution in [0.15, 0.2) is 48.5 Å². The van der Waals surface area contributed by atoms with Crippen molar-refractivity contribution in [2.24, 2.45) is 0 Å². The maximum atomic E-state index is 12.9. The van der Waals surface area contributed by atoms with Gasteiger partial charge in [0.25, 0.3) is 5.69 Å². The molecule has 1 atom stereocenters. The fraction of sp³-hybridized carbons (Fsp3) is 0.263. The molecule has 1 amide bonds. The Morgan fingerprint density at radius 3 is 2.33 bits per heavy atom. The number of nitrogens with zero attached hydrogens (tertiary/aromatic N) is 2. The van der Waals surface area contributed by atoms with Crippen molar-refractivity contribution in [3.8, 4) is 0 Å². The first-order valence-electron chi connectivity index (χ1n) is 8.81. The van der Waals surface area contributed by atoms with E-state index in [1.165, 1.54) is 49.6 Å². The highest BCUT2D eigenvalue weighted by atomic mass is 32.2. The number of nitrogens with one attached hydrogen (secondary N) is 1. The van der Waals surface area contributed by atoms with Gasteiger partial charge in [0.1, 0.15) is 6.04 Å². The minimum atomic E-state index is -3.94. The topological polar surface area (TPSA) is 136 Å². The molecule has 160 valence electrons. The first-order chi connectivity index (χ1) is 14.1. The van der Waals surface area contributed by atoms with Crippen LogP contribution in [0.2, 0.25) is 0 Å². The van der Waals surface area contributed by atoms with Crippen LogP contribution in [0.5, 0.6) is 0 Å². The van der Waals surface area contributed by atoms with E-state index in [-0.39, 0.29) is 23.4 Å². The van der Waals surface area contributed by atoms with E-state index in [1.54, 1.807) is 6.92 Å². The van der Waals surface area contributed by atoms with Crippen LogP contribution in [0.25, 0.3) is 0 Å². The third-order valence-electron chi connectivity index (χ3n) is 4.20. The molecule has 2 aromatic carbocycles. The third kappa shape index (κ3) is 5.32. The largest absolute Gasteiger partial charge is 0.465 e. The zero-order chi connectivity index (χ0) is 22.5. The number of carbonyl (C=O) groups is 2. The molecule has 2 rings (SSSR count). The van der Waals surface area contributed by atoms with Crippen molar-refractivity contribution in [3.63, 3.8) is 0 Å². The molecule has 0 fully saturated rings. The molecular weight excluding hydrogens is 414 g/mol. The van der Waals surface area contributed by atoms with E-state index in [1.807, 2.05) is 0 Å². The lowest BCUT2D eigenvalue weighted by molar-refractivity contribution is -0.384. The van der Waals surface area contributed by atoms with Gasteiger partial charge in [-0.15, -0.1) is 0 Å². The molecule has 10 nitrogen and oxygen atoms in total. The number of non-ortho nitro benzene ring substituents is 1. The Morgan fingerprint density at radius 2 is 1.83 bits per heavy atom. The second-order valence-corrected chi connectivity index (χ2v) is 8.18. The minimum absolute atomic E-state index is 0.00902. The third-order valence-corrected chi connectivity index (χ3v) is 5.38. The van der Waals surface area contributed by atoms with Gasteiger partial charge in [0.15, 0.2) is 0 Å². The number of hydrogen-bond donors (Lipinski definition) is 1. The predicted octanol–water partition coefficient (Wildman–Crippen LogP) is 2.56. The number of amides is 1. The molecule has 11 heteroatoms. The van der Waals surface area contributed by atoms with E-state index in [0.717, 1.165) is 16.6 Å². The number of rotatable bonds is 8. The number of anilines is 2. The Balaban J connectivity index is 2.35. The summed E-state index contributed by atoms with van der Waals surface area (Å²) in [4.78, 5) is 34.8. The molecule has 1 N–H and O–H groups in total. The number of sulfonamides is 1. The molecule has 30 heavy (non-hydrogen) atoms. The fourth-order valence-electron chi connectivity index (χ4n) is 2.84. The van der Waals surface area contributed by atoms with Crippen molar-refractivity contribution in [2.45, 2.75) is 19.4 Å². The number of methoxy groups -OCH3 is 1. The van der Waals surface area contributed by atoms with Gasteiger partial charge in [-0.25, -0.2) is 13.2 Å². The van der Waals surface area contributed by atoms with Crippen LogP contribution in [-0.4, -0.2) is 44.6 Å². The summed E-state index contributed by atoms with van der Waals surface area (Å²) in [6.45, 7) is 1.63. The first kappa shape index (κ1) is 22.8. The van der Waals surface area contributed by atoms with Crippen LogP contribution in [0, 0.1) is 10.1 Å². The maximum Gasteiger partial charge on any atom is 0.337 e. The summed E-state index contributed by atoms with van der Waals surface area (Å²) in [5.74, 6) is -1.16. The van der Waals surface area contributed by atoms with E-state index in [9.17, 15) is 28.1 Å². The normalized spacial score (nSPS) is 12.0. The highest BCUT2D eigenvalue weighted by Crippen LogP contribution is 2.27. The Morgan fingerprint density at radius 1 is 1.20 bits per heavy atom. The summed E-state index contributed by atoms with van der Waals surface area (Å²) < 4.78 is 30.4. The number of carbonyl (C=O) groups excluding carboxylic acids is 2. The van der Waals surface area contributed by atoms with Crippen LogP contribution in [0.1, 0.15) is 23.7 Å². The molecule has 0 spiro atoms. The van der Waals surface area contributed by atoms with Gasteiger partial charge in [0, 0.05) is 17.8 Å². The molecular formula is C19H21N3O7S. The molecule has 0 radical (unpaired) electrons. The number of benzene rings is 2. The predicted molar refractivity (Wildman–Crippen MR) is 111 cm³/mol. The lowest BCUT2D eigenvalue weighted by atomic mass is 10.1. The monoisotopic (exact) mass is 435 g/mol. The van der Waals surface area contributed by atoms with Crippen molar-refractivity contribution in [1.29, 1.82) is 0 Å². The molecule has 2 aromatic rings. The molecule has 0 heterocycles. The molecule has 0 aromatic heterocycles. The minimum Gasteiger partial charge on any atom is -0.465 e. The van der Waals surface area contributed by atoms with E-state index in [2.05, 4.69) is 10.1 Å². The molecule has 0 saturated heterocycles. The molecule has 0 aliphatic heterocycles. The molecule has 0 aliphatic carbocycles. The van der Waals surface area contributed by atoms with Gasteiger partial charge < -0.3 is 10.1 Å². The van der Waals surface area contributed by atoms with Gasteiger partial charge in [0.05, 0.1) is 29.5 Å². The highest BCUT2D eigenvalue weighted by molar-refractivity contribution is 7.92. The molecule has 0 bridgehead atoms. The van der Waals surface area contributed by atoms with Crippen molar-refractivity contribution >= 4 is 39.0 Å². The Bertz CT molecular complexity index is 1050. The number of nitro groups is 1. The maximum absolute atomic E-state index is 12.9. The van der Waals surface area contributed by atoms with Crippen molar-refractivity contribution in [3.05, 3.63) is 64.2 Å². The lowest BCUT2D eigenvalue weighted by Gasteiger charge is -2.30. The van der Waals surface area contributed by atoms with E-state index in [4.69, 9.17) is 0 Å².